The third-order valence-electron chi connectivity index (χ3n) is 3.96. The number of piperidine rings is 1. The van der Waals surface area contributed by atoms with Crippen molar-refractivity contribution in [1.82, 2.24) is 14.3 Å². The molecule has 2 aromatic heterocycles. The molecule has 2 aromatic rings. The second-order valence-corrected chi connectivity index (χ2v) is 5.43. The van der Waals surface area contributed by atoms with E-state index in [9.17, 15) is 9.90 Å². The van der Waals surface area contributed by atoms with Gasteiger partial charge in [0.2, 0.25) is 0 Å². The van der Waals surface area contributed by atoms with Gasteiger partial charge in [0.1, 0.15) is 5.82 Å². The predicted molar refractivity (Wildman–Crippen MR) is 76.0 cm³/mol. The lowest BCUT2D eigenvalue weighted by Gasteiger charge is -2.25. The number of imidazole rings is 1. The summed E-state index contributed by atoms with van der Waals surface area (Å²) in [5, 5.41) is 9.34. The summed E-state index contributed by atoms with van der Waals surface area (Å²) in [6.45, 7) is 4.79. The fourth-order valence-electron chi connectivity index (χ4n) is 2.95. The fourth-order valence-corrected chi connectivity index (χ4v) is 2.95. The molecule has 1 aliphatic rings. The van der Waals surface area contributed by atoms with Crippen molar-refractivity contribution in [3.8, 4) is 0 Å². The molecule has 0 aliphatic carbocycles. The van der Waals surface area contributed by atoms with Gasteiger partial charge in [-0.25, -0.2) is 9.78 Å². The topological polar surface area (TPSA) is 57.8 Å². The molecule has 3 heterocycles. The van der Waals surface area contributed by atoms with Gasteiger partial charge in [0.25, 0.3) is 0 Å². The molecule has 20 heavy (non-hydrogen) atoms. The van der Waals surface area contributed by atoms with Crippen LogP contribution < -0.4 is 0 Å². The average Bonchev–Trinajstić information content (AvgIpc) is 2.81. The van der Waals surface area contributed by atoms with E-state index < -0.39 is 5.97 Å². The molecule has 1 aliphatic heterocycles. The smallest absolute Gasteiger partial charge is 0.356 e. The Morgan fingerprint density at radius 1 is 1.35 bits per heavy atom. The van der Waals surface area contributed by atoms with Crippen LogP contribution in [0.1, 0.15) is 41.1 Å². The Bertz CT molecular complexity index is 642. The number of likely N-dealkylation sites (tertiary alicyclic amines) is 1. The van der Waals surface area contributed by atoms with Crippen molar-refractivity contribution < 1.29 is 9.90 Å². The zero-order valence-electron chi connectivity index (χ0n) is 11.7. The second kappa shape index (κ2) is 5.25. The Hall–Kier alpha value is -1.88. The van der Waals surface area contributed by atoms with Crippen LogP contribution in [0.15, 0.2) is 18.3 Å². The first-order valence-electron chi connectivity index (χ1n) is 7.09. The minimum atomic E-state index is -0.957. The number of carbonyl (C=O) groups is 1. The van der Waals surface area contributed by atoms with Gasteiger partial charge in [0, 0.05) is 6.20 Å². The maximum atomic E-state index is 11.4. The fraction of sp³-hybridized carbons (Fsp3) is 0.467. The highest BCUT2D eigenvalue weighted by atomic mass is 16.4. The highest BCUT2D eigenvalue weighted by Gasteiger charge is 2.20. The van der Waals surface area contributed by atoms with E-state index in [-0.39, 0.29) is 5.69 Å². The van der Waals surface area contributed by atoms with E-state index in [0.29, 0.717) is 5.52 Å². The number of pyridine rings is 1. The molecule has 1 saturated heterocycles. The van der Waals surface area contributed by atoms with E-state index in [0.717, 1.165) is 31.0 Å². The molecule has 5 heteroatoms. The first kappa shape index (κ1) is 13.1. The van der Waals surface area contributed by atoms with Gasteiger partial charge in [-0.1, -0.05) is 12.5 Å². The molecule has 0 amide bonds. The molecule has 3 rings (SSSR count). The van der Waals surface area contributed by atoms with Gasteiger partial charge in [-0.2, -0.15) is 0 Å². The number of nitrogens with zero attached hydrogens (tertiary/aromatic N) is 3. The minimum Gasteiger partial charge on any atom is -0.476 e. The largest absolute Gasteiger partial charge is 0.476 e. The van der Waals surface area contributed by atoms with Gasteiger partial charge in [-0.3, -0.25) is 4.90 Å². The maximum Gasteiger partial charge on any atom is 0.356 e. The summed E-state index contributed by atoms with van der Waals surface area (Å²) in [5.74, 6) is -0.135. The van der Waals surface area contributed by atoms with Crippen molar-refractivity contribution in [3.05, 3.63) is 35.4 Å². The van der Waals surface area contributed by atoms with Crippen molar-refractivity contribution in [2.45, 2.75) is 32.7 Å². The number of hydrogen-bond acceptors (Lipinski definition) is 3. The van der Waals surface area contributed by atoms with Gasteiger partial charge < -0.3 is 9.51 Å². The number of carboxylic acid groups (broad SMARTS) is 1. The normalized spacial score (nSPS) is 16.6. The molecule has 5 nitrogen and oxygen atoms in total. The summed E-state index contributed by atoms with van der Waals surface area (Å²) in [4.78, 5) is 18.1. The second-order valence-electron chi connectivity index (χ2n) is 5.43. The Kier molecular flexibility index (Phi) is 3.44. The Labute approximate surface area is 117 Å². The maximum absolute atomic E-state index is 11.4. The number of rotatable bonds is 3. The van der Waals surface area contributed by atoms with E-state index in [1.165, 1.54) is 19.3 Å². The summed E-state index contributed by atoms with van der Waals surface area (Å²) >= 11 is 0. The zero-order valence-corrected chi connectivity index (χ0v) is 11.7. The molecule has 1 N–H and O–H groups in total. The summed E-state index contributed by atoms with van der Waals surface area (Å²) in [6, 6.07) is 3.86. The Morgan fingerprint density at radius 2 is 2.10 bits per heavy atom. The van der Waals surface area contributed by atoms with E-state index in [4.69, 9.17) is 0 Å². The van der Waals surface area contributed by atoms with Crippen molar-refractivity contribution in [2.75, 3.05) is 13.1 Å². The third kappa shape index (κ3) is 2.29. The van der Waals surface area contributed by atoms with Crippen molar-refractivity contribution >= 4 is 11.5 Å². The van der Waals surface area contributed by atoms with Crippen LogP contribution in [0.5, 0.6) is 0 Å². The van der Waals surface area contributed by atoms with E-state index in [1.54, 1.807) is 0 Å². The molecular formula is C15H19N3O2. The summed E-state index contributed by atoms with van der Waals surface area (Å²) < 4.78 is 1.92. The standard InChI is InChI=1S/C15H19N3O2/c1-11-6-5-9-18-12(10-17-7-3-2-4-8-17)16-13(14(11)18)15(19)20/h5-6,9H,2-4,7-8,10H2,1H3,(H,19,20). The molecule has 0 bridgehead atoms. The van der Waals surface area contributed by atoms with Crippen molar-refractivity contribution in [3.63, 3.8) is 0 Å². The number of fused-ring (bicyclic) bond motifs is 1. The van der Waals surface area contributed by atoms with Crippen LogP contribution in [0.3, 0.4) is 0 Å². The van der Waals surface area contributed by atoms with Gasteiger partial charge in [-0.05, 0) is 44.5 Å². The minimum absolute atomic E-state index is 0.162. The lowest BCUT2D eigenvalue weighted by molar-refractivity contribution is 0.0693. The first-order chi connectivity index (χ1) is 9.66. The number of hydrogen-bond donors (Lipinski definition) is 1. The lowest BCUT2D eigenvalue weighted by Crippen LogP contribution is -2.29. The summed E-state index contributed by atoms with van der Waals surface area (Å²) in [7, 11) is 0. The molecule has 0 radical (unpaired) electrons. The highest BCUT2D eigenvalue weighted by Crippen LogP contribution is 2.20. The van der Waals surface area contributed by atoms with E-state index in [2.05, 4.69) is 9.88 Å². The molecule has 0 atom stereocenters. The number of carboxylic acids is 1. The third-order valence-corrected chi connectivity index (χ3v) is 3.96. The van der Waals surface area contributed by atoms with Crippen molar-refractivity contribution in [2.24, 2.45) is 0 Å². The zero-order chi connectivity index (χ0) is 14.1. The van der Waals surface area contributed by atoms with Crippen LogP contribution in [-0.2, 0) is 6.54 Å². The van der Waals surface area contributed by atoms with E-state index in [1.807, 2.05) is 29.7 Å². The van der Waals surface area contributed by atoms with Crippen molar-refractivity contribution in [1.29, 1.82) is 0 Å². The molecule has 1 fully saturated rings. The first-order valence-corrected chi connectivity index (χ1v) is 7.09. The predicted octanol–water partition coefficient (Wildman–Crippen LogP) is 2.33. The van der Waals surface area contributed by atoms with Crippen LogP contribution >= 0.6 is 0 Å². The summed E-state index contributed by atoms with van der Waals surface area (Å²) in [5.41, 5.74) is 1.82. The van der Waals surface area contributed by atoms with Gasteiger partial charge in [0.15, 0.2) is 5.69 Å². The highest BCUT2D eigenvalue weighted by molar-refractivity contribution is 5.94. The van der Waals surface area contributed by atoms with Crippen LogP contribution in [0.25, 0.3) is 5.52 Å². The molecular weight excluding hydrogens is 254 g/mol. The lowest BCUT2D eigenvalue weighted by atomic mass is 10.1. The molecule has 0 spiro atoms. The molecule has 0 saturated carbocycles. The van der Waals surface area contributed by atoms with Crippen LogP contribution in [-0.4, -0.2) is 38.4 Å². The van der Waals surface area contributed by atoms with Gasteiger partial charge >= 0.3 is 5.97 Å². The molecule has 0 aromatic carbocycles. The van der Waals surface area contributed by atoms with Crippen LogP contribution in [0, 0.1) is 6.92 Å². The van der Waals surface area contributed by atoms with E-state index >= 15 is 0 Å². The Balaban J connectivity index is 2.02. The van der Waals surface area contributed by atoms with Gasteiger partial charge in [-0.15, -0.1) is 0 Å². The monoisotopic (exact) mass is 273 g/mol. The quantitative estimate of drug-likeness (QED) is 0.932. The SMILES string of the molecule is Cc1cccn2c(CN3CCCCC3)nc(C(=O)O)c12. The van der Waals surface area contributed by atoms with Crippen LogP contribution in [0.4, 0.5) is 0 Å². The number of aryl methyl sites for hydroxylation is 1. The van der Waals surface area contributed by atoms with Gasteiger partial charge in [0.05, 0.1) is 12.1 Å². The Morgan fingerprint density at radius 3 is 2.80 bits per heavy atom. The van der Waals surface area contributed by atoms with Crippen LogP contribution in [0.2, 0.25) is 0 Å². The number of aromatic nitrogens is 2. The molecule has 0 unspecified atom stereocenters. The summed E-state index contributed by atoms with van der Waals surface area (Å²) in [6.07, 6.45) is 5.63. The number of aromatic carboxylic acids is 1. The average molecular weight is 273 g/mol. The molecule has 106 valence electrons.